The number of rotatable bonds is 4. The van der Waals surface area contributed by atoms with E-state index in [0.29, 0.717) is 10.6 Å². The molecule has 0 spiro atoms. The minimum absolute atomic E-state index is 0.149. The van der Waals surface area contributed by atoms with Gasteiger partial charge in [-0.1, -0.05) is 48.5 Å². The fraction of sp³-hybridized carbons (Fsp3) is 0.0476. The second kappa shape index (κ2) is 6.87. The van der Waals surface area contributed by atoms with Gasteiger partial charge in [0.1, 0.15) is 17.6 Å². The molecule has 2 aromatic carbocycles. The van der Waals surface area contributed by atoms with Gasteiger partial charge < -0.3 is 9.88 Å². The van der Waals surface area contributed by atoms with E-state index in [1.165, 1.54) is 11.3 Å². The first-order valence-electron chi connectivity index (χ1n) is 8.17. The summed E-state index contributed by atoms with van der Waals surface area (Å²) in [6.45, 7) is 0.205. The largest absolute Gasteiger partial charge is 0.338 e. The van der Waals surface area contributed by atoms with Gasteiger partial charge in [-0.2, -0.15) is 5.26 Å². The van der Waals surface area contributed by atoms with Gasteiger partial charge in [0.2, 0.25) is 5.91 Å². The van der Waals surface area contributed by atoms with Crippen LogP contribution in [-0.4, -0.2) is 10.5 Å². The molecule has 0 aliphatic rings. The summed E-state index contributed by atoms with van der Waals surface area (Å²) in [7, 11) is 0. The molecule has 4 rings (SSSR count). The van der Waals surface area contributed by atoms with Gasteiger partial charge in [0.05, 0.1) is 5.56 Å². The molecule has 4 aromatic rings. The number of fused-ring (bicyclic) bond motifs is 1. The number of carbonyl (C=O) groups is 1. The van der Waals surface area contributed by atoms with Gasteiger partial charge in [-0.25, -0.2) is 0 Å². The average Bonchev–Trinajstić information content (AvgIpc) is 3.27. The molecule has 0 fully saturated rings. The maximum absolute atomic E-state index is 12.5. The first kappa shape index (κ1) is 16.1. The van der Waals surface area contributed by atoms with Crippen molar-refractivity contribution in [1.29, 1.82) is 5.26 Å². The molecule has 5 heteroatoms. The van der Waals surface area contributed by atoms with E-state index in [1.54, 1.807) is 0 Å². The Hall–Kier alpha value is -3.36. The first-order chi connectivity index (χ1) is 12.7. The molecule has 0 saturated heterocycles. The van der Waals surface area contributed by atoms with Crippen LogP contribution < -0.4 is 5.32 Å². The van der Waals surface area contributed by atoms with Crippen molar-refractivity contribution < 1.29 is 4.79 Å². The molecule has 2 heterocycles. The second-order valence-corrected chi connectivity index (χ2v) is 6.93. The van der Waals surface area contributed by atoms with Gasteiger partial charge in [-0.3, -0.25) is 4.79 Å². The quantitative estimate of drug-likeness (QED) is 0.566. The zero-order valence-corrected chi connectivity index (χ0v) is 14.7. The maximum atomic E-state index is 12.5. The lowest BCUT2D eigenvalue weighted by Crippen LogP contribution is -2.18. The third-order valence-corrected chi connectivity index (χ3v) is 5.26. The molecule has 0 aliphatic heterocycles. The molecule has 2 aromatic heterocycles. The monoisotopic (exact) mass is 357 g/mol. The maximum Gasteiger partial charge on any atom is 0.244 e. The average molecular weight is 357 g/mol. The van der Waals surface area contributed by atoms with E-state index in [4.69, 9.17) is 0 Å². The van der Waals surface area contributed by atoms with Gasteiger partial charge >= 0.3 is 0 Å². The van der Waals surface area contributed by atoms with E-state index >= 15 is 0 Å². The Morgan fingerprint density at radius 3 is 2.65 bits per heavy atom. The number of amides is 1. The van der Waals surface area contributed by atoms with E-state index in [0.717, 1.165) is 21.3 Å². The summed E-state index contributed by atoms with van der Waals surface area (Å²) in [5, 5.41) is 14.0. The summed E-state index contributed by atoms with van der Waals surface area (Å²) in [6.07, 6.45) is 1.90. The highest BCUT2D eigenvalue weighted by atomic mass is 32.1. The summed E-state index contributed by atoms with van der Waals surface area (Å²) in [5.74, 6) is -0.149. The highest BCUT2D eigenvalue weighted by Crippen LogP contribution is 2.35. The molecule has 0 aliphatic carbocycles. The van der Waals surface area contributed by atoms with Gasteiger partial charge in [0, 0.05) is 16.6 Å². The third-order valence-electron chi connectivity index (χ3n) is 4.16. The third kappa shape index (κ3) is 3.10. The first-order valence-corrected chi connectivity index (χ1v) is 8.99. The fourth-order valence-electron chi connectivity index (χ4n) is 2.91. The molecule has 4 nitrogen and oxygen atoms in total. The number of thiophene rings is 1. The van der Waals surface area contributed by atoms with E-state index in [9.17, 15) is 10.1 Å². The van der Waals surface area contributed by atoms with Crippen molar-refractivity contribution in [1.82, 2.24) is 4.57 Å². The minimum atomic E-state index is -0.149. The van der Waals surface area contributed by atoms with E-state index in [2.05, 4.69) is 11.4 Å². The molecule has 1 N–H and O–H groups in total. The van der Waals surface area contributed by atoms with Gasteiger partial charge in [-0.15, -0.1) is 11.3 Å². The Morgan fingerprint density at radius 1 is 1.08 bits per heavy atom. The molecule has 0 bridgehead atoms. The lowest BCUT2D eigenvalue weighted by molar-refractivity contribution is -0.116. The lowest BCUT2D eigenvalue weighted by atomic mass is 10.2. The molecule has 1 amide bonds. The molecule has 126 valence electrons. The van der Waals surface area contributed by atoms with Crippen LogP contribution in [-0.2, 0) is 11.3 Å². The number of carbonyl (C=O) groups excluding carboxylic acids is 1. The fourth-order valence-corrected chi connectivity index (χ4v) is 3.94. The van der Waals surface area contributed by atoms with E-state index in [1.807, 2.05) is 77.5 Å². The van der Waals surface area contributed by atoms with Crippen LogP contribution in [0.3, 0.4) is 0 Å². The zero-order chi connectivity index (χ0) is 17.9. The van der Waals surface area contributed by atoms with Crippen molar-refractivity contribution >= 4 is 33.1 Å². The van der Waals surface area contributed by atoms with Gasteiger partial charge in [0.25, 0.3) is 0 Å². The Bertz CT molecular complexity index is 1120. The van der Waals surface area contributed by atoms with Crippen molar-refractivity contribution in [3.63, 3.8) is 0 Å². The van der Waals surface area contributed by atoms with Crippen LogP contribution in [0.4, 0.5) is 5.00 Å². The number of para-hydroxylation sites is 1. The molecular weight excluding hydrogens is 342 g/mol. The molecular formula is C21H15N3OS. The Labute approximate surface area is 154 Å². The lowest BCUT2D eigenvalue weighted by Gasteiger charge is -2.06. The summed E-state index contributed by atoms with van der Waals surface area (Å²) < 4.78 is 1.91. The predicted octanol–water partition coefficient (Wildman–Crippen LogP) is 4.88. The molecule has 0 unspecified atom stereocenters. The smallest absolute Gasteiger partial charge is 0.244 e. The zero-order valence-electron chi connectivity index (χ0n) is 13.8. The number of nitriles is 1. The van der Waals surface area contributed by atoms with Crippen LogP contribution in [0, 0.1) is 11.3 Å². The number of anilines is 1. The Kier molecular flexibility index (Phi) is 4.26. The van der Waals surface area contributed by atoms with Crippen LogP contribution in [0.25, 0.3) is 21.3 Å². The number of benzene rings is 2. The summed E-state index contributed by atoms with van der Waals surface area (Å²) in [4.78, 5) is 13.5. The highest BCUT2D eigenvalue weighted by molar-refractivity contribution is 7.19. The van der Waals surface area contributed by atoms with Crippen molar-refractivity contribution in [2.45, 2.75) is 6.54 Å². The standard InChI is InChI=1S/C21H15N3OS/c22-13-17-12-19(16-7-2-1-3-8-16)26-21(17)23-20(25)14-24-11-10-15-6-4-5-9-18(15)24/h1-12H,14H2,(H,23,25). The number of hydrogen-bond donors (Lipinski definition) is 1. The highest BCUT2D eigenvalue weighted by Gasteiger charge is 2.14. The molecule has 26 heavy (non-hydrogen) atoms. The van der Waals surface area contributed by atoms with E-state index < -0.39 is 0 Å². The van der Waals surface area contributed by atoms with Crippen molar-refractivity contribution in [2.75, 3.05) is 5.32 Å². The minimum Gasteiger partial charge on any atom is -0.338 e. The normalized spacial score (nSPS) is 10.6. The number of nitrogens with one attached hydrogen (secondary N) is 1. The number of aromatic nitrogens is 1. The van der Waals surface area contributed by atoms with Crippen LogP contribution in [0.5, 0.6) is 0 Å². The van der Waals surface area contributed by atoms with Crippen LogP contribution >= 0.6 is 11.3 Å². The molecule has 0 radical (unpaired) electrons. The van der Waals surface area contributed by atoms with Gasteiger partial charge in [-0.05, 0) is 29.1 Å². The van der Waals surface area contributed by atoms with Crippen LogP contribution in [0.1, 0.15) is 5.56 Å². The predicted molar refractivity (Wildman–Crippen MR) is 105 cm³/mol. The Balaban J connectivity index is 1.56. The molecule has 0 atom stereocenters. The summed E-state index contributed by atoms with van der Waals surface area (Å²) >= 11 is 1.42. The van der Waals surface area contributed by atoms with Gasteiger partial charge in [0.15, 0.2) is 0 Å². The van der Waals surface area contributed by atoms with Crippen molar-refractivity contribution in [2.24, 2.45) is 0 Å². The van der Waals surface area contributed by atoms with Crippen LogP contribution in [0.15, 0.2) is 72.9 Å². The number of nitrogens with zero attached hydrogens (tertiary/aromatic N) is 2. The Morgan fingerprint density at radius 2 is 1.85 bits per heavy atom. The number of hydrogen-bond acceptors (Lipinski definition) is 3. The van der Waals surface area contributed by atoms with Crippen molar-refractivity contribution in [3.8, 4) is 16.5 Å². The second-order valence-electron chi connectivity index (χ2n) is 5.88. The van der Waals surface area contributed by atoms with E-state index in [-0.39, 0.29) is 12.5 Å². The SMILES string of the molecule is N#Cc1cc(-c2ccccc2)sc1NC(=O)Cn1ccc2ccccc21. The van der Waals surface area contributed by atoms with Crippen molar-refractivity contribution in [3.05, 3.63) is 78.5 Å². The van der Waals surface area contributed by atoms with Crippen LogP contribution in [0.2, 0.25) is 0 Å². The summed E-state index contributed by atoms with van der Waals surface area (Å²) in [5.41, 5.74) is 2.53. The molecule has 0 saturated carbocycles. The topological polar surface area (TPSA) is 57.8 Å². The summed E-state index contributed by atoms with van der Waals surface area (Å²) in [6, 6.07) is 23.8.